The number of nitrogens with zero attached hydrogens (tertiary/aromatic N) is 2. The highest BCUT2D eigenvalue weighted by Crippen LogP contribution is 2.34. The van der Waals surface area contributed by atoms with Gasteiger partial charge < -0.3 is 9.64 Å². The number of nitriles is 1. The van der Waals surface area contributed by atoms with Crippen LogP contribution in [0.5, 0.6) is 5.75 Å². The summed E-state index contributed by atoms with van der Waals surface area (Å²) in [7, 11) is 0. The van der Waals surface area contributed by atoms with Gasteiger partial charge in [-0.2, -0.15) is 5.26 Å². The molecule has 0 bridgehead atoms. The van der Waals surface area contributed by atoms with Crippen LogP contribution in [0.4, 0.5) is 5.69 Å². The normalized spacial score (nSPS) is 14.1. The van der Waals surface area contributed by atoms with Gasteiger partial charge in [0.2, 0.25) is 0 Å². The Balaban J connectivity index is 1.72. The number of thioether (sulfide) groups is 1. The molecule has 1 amide bonds. The Morgan fingerprint density at radius 2 is 2.15 bits per heavy atom. The number of ketones is 1. The molecule has 0 saturated carbocycles. The molecule has 2 aromatic rings. The van der Waals surface area contributed by atoms with Crippen molar-refractivity contribution >= 4 is 29.1 Å². The van der Waals surface area contributed by atoms with Crippen molar-refractivity contribution in [2.24, 2.45) is 0 Å². The maximum atomic E-state index is 12.8. The van der Waals surface area contributed by atoms with Gasteiger partial charge in [0, 0.05) is 17.9 Å². The van der Waals surface area contributed by atoms with E-state index in [1.165, 1.54) is 11.8 Å². The van der Waals surface area contributed by atoms with Crippen molar-refractivity contribution in [3.63, 3.8) is 0 Å². The maximum Gasteiger partial charge on any atom is 0.265 e. The molecule has 27 heavy (non-hydrogen) atoms. The summed E-state index contributed by atoms with van der Waals surface area (Å²) in [5, 5.41) is 8.74. The number of carbonyl (C=O) groups is 2. The number of hydrogen-bond donors (Lipinski definition) is 0. The Hall–Kier alpha value is -2.78. The van der Waals surface area contributed by atoms with E-state index < -0.39 is 0 Å². The summed E-state index contributed by atoms with van der Waals surface area (Å²) in [5.41, 5.74) is 2.85. The summed E-state index contributed by atoms with van der Waals surface area (Å²) >= 11 is 1.53. The van der Waals surface area contributed by atoms with Gasteiger partial charge in [-0.3, -0.25) is 9.59 Å². The quantitative estimate of drug-likeness (QED) is 0.713. The van der Waals surface area contributed by atoms with Crippen LogP contribution in [0, 0.1) is 11.3 Å². The molecule has 0 N–H and O–H groups in total. The molecule has 2 aromatic carbocycles. The fraction of sp³-hybridized carbons (Fsp3) is 0.286. The molecule has 1 aliphatic heterocycles. The first-order chi connectivity index (χ1) is 13.0. The van der Waals surface area contributed by atoms with Crippen LogP contribution in [0.25, 0.3) is 0 Å². The van der Waals surface area contributed by atoms with Crippen LogP contribution in [0.3, 0.4) is 0 Å². The number of benzene rings is 2. The van der Waals surface area contributed by atoms with Crippen LogP contribution < -0.4 is 9.64 Å². The maximum absolute atomic E-state index is 12.8. The molecule has 6 heteroatoms. The van der Waals surface area contributed by atoms with E-state index in [-0.39, 0.29) is 23.5 Å². The summed E-state index contributed by atoms with van der Waals surface area (Å²) in [6, 6.07) is 14.8. The average molecular weight is 380 g/mol. The Labute approximate surface area is 162 Å². The first-order valence-electron chi connectivity index (χ1n) is 8.75. The lowest BCUT2D eigenvalue weighted by Gasteiger charge is -2.28. The Morgan fingerprint density at radius 3 is 2.89 bits per heavy atom. The number of ether oxygens (including phenoxy) is 1. The van der Waals surface area contributed by atoms with Gasteiger partial charge in [-0.1, -0.05) is 12.1 Å². The predicted molar refractivity (Wildman–Crippen MR) is 106 cm³/mol. The summed E-state index contributed by atoms with van der Waals surface area (Å²) in [6.45, 7) is 4.34. The summed E-state index contributed by atoms with van der Waals surface area (Å²) in [4.78, 5) is 26.5. The number of likely N-dealkylation sites (N-methyl/N-ethyl adjacent to an activating group) is 1. The molecule has 0 saturated heterocycles. The first-order valence-corrected chi connectivity index (χ1v) is 9.80. The van der Waals surface area contributed by atoms with Gasteiger partial charge in [-0.15, -0.1) is 11.8 Å². The SMILES string of the molecule is CCN1C(=O)COc2ccc(C(=O)C(C)SCc3cccc(C#N)c3)cc21. The molecule has 138 valence electrons. The molecule has 5 nitrogen and oxygen atoms in total. The minimum Gasteiger partial charge on any atom is -0.482 e. The number of anilines is 1. The van der Waals surface area contributed by atoms with E-state index in [2.05, 4.69) is 6.07 Å². The van der Waals surface area contributed by atoms with Crippen LogP contribution in [-0.4, -0.2) is 30.1 Å². The Kier molecular flexibility index (Phi) is 5.82. The number of amides is 1. The minimum absolute atomic E-state index is 0.00770. The molecular weight excluding hydrogens is 360 g/mol. The number of rotatable bonds is 6. The molecule has 1 atom stereocenters. The predicted octanol–water partition coefficient (Wildman–Crippen LogP) is 3.81. The van der Waals surface area contributed by atoms with Gasteiger partial charge in [0.15, 0.2) is 12.4 Å². The van der Waals surface area contributed by atoms with E-state index in [0.29, 0.717) is 34.9 Å². The van der Waals surface area contributed by atoms with Crippen LogP contribution in [0.15, 0.2) is 42.5 Å². The average Bonchev–Trinajstić information content (AvgIpc) is 2.71. The molecule has 0 aromatic heterocycles. The smallest absolute Gasteiger partial charge is 0.265 e. The number of fused-ring (bicyclic) bond motifs is 1. The molecular formula is C21H20N2O3S. The lowest BCUT2D eigenvalue weighted by atomic mass is 10.1. The minimum atomic E-state index is -0.246. The lowest BCUT2D eigenvalue weighted by molar-refractivity contribution is -0.121. The fourth-order valence-corrected chi connectivity index (χ4v) is 3.87. The van der Waals surface area contributed by atoms with Gasteiger partial charge in [0.25, 0.3) is 5.91 Å². The van der Waals surface area contributed by atoms with E-state index in [4.69, 9.17) is 10.00 Å². The zero-order chi connectivity index (χ0) is 19.4. The third-order valence-corrected chi connectivity index (χ3v) is 5.64. The third kappa shape index (κ3) is 4.15. The first kappa shape index (κ1) is 19.0. The van der Waals surface area contributed by atoms with Gasteiger partial charge >= 0.3 is 0 Å². The van der Waals surface area contributed by atoms with E-state index in [9.17, 15) is 9.59 Å². The van der Waals surface area contributed by atoms with Crippen molar-refractivity contribution in [2.45, 2.75) is 24.9 Å². The van der Waals surface area contributed by atoms with E-state index in [1.807, 2.05) is 32.0 Å². The molecule has 0 fully saturated rings. The molecule has 1 unspecified atom stereocenters. The van der Waals surface area contributed by atoms with Crippen molar-refractivity contribution in [1.29, 1.82) is 5.26 Å². The van der Waals surface area contributed by atoms with Crippen molar-refractivity contribution in [3.05, 3.63) is 59.2 Å². The fourth-order valence-electron chi connectivity index (χ4n) is 2.96. The second kappa shape index (κ2) is 8.28. The second-order valence-corrected chi connectivity index (χ2v) is 7.57. The van der Waals surface area contributed by atoms with Crippen molar-refractivity contribution in [2.75, 3.05) is 18.1 Å². The molecule has 1 aliphatic rings. The monoisotopic (exact) mass is 380 g/mol. The molecule has 0 aliphatic carbocycles. The van der Waals surface area contributed by atoms with Crippen LogP contribution in [0.2, 0.25) is 0 Å². The summed E-state index contributed by atoms with van der Waals surface area (Å²) in [6.07, 6.45) is 0. The van der Waals surface area contributed by atoms with Crippen LogP contribution in [0.1, 0.15) is 35.3 Å². The number of Topliss-reactive ketones (excluding diaryl/α,β-unsaturated/α-hetero) is 1. The Bertz CT molecular complexity index is 920. The number of carbonyl (C=O) groups excluding carboxylic acids is 2. The Morgan fingerprint density at radius 1 is 1.33 bits per heavy atom. The highest BCUT2D eigenvalue weighted by atomic mass is 32.2. The van der Waals surface area contributed by atoms with Gasteiger partial charge in [0.1, 0.15) is 5.75 Å². The van der Waals surface area contributed by atoms with E-state index in [0.717, 1.165) is 5.56 Å². The van der Waals surface area contributed by atoms with Crippen molar-refractivity contribution < 1.29 is 14.3 Å². The topological polar surface area (TPSA) is 70.4 Å². The summed E-state index contributed by atoms with van der Waals surface area (Å²) < 4.78 is 5.46. The zero-order valence-corrected chi connectivity index (χ0v) is 16.1. The van der Waals surface area contributed by atoms with Gasteiger partial charge in [-0.05, 0) is 49.7 Å². The van der Waals surface area contributed by atoms with Crippen molar-refractivity contribution in [3.8, 4) is 11.8 Å². The third-order valence-electron chi connectivity index (χ3n) is 4.43. The molecule has 0 radical (unpaired) electrons. The van der Waals surface area contributed by atoms with E-state index >= 15 is 0 Å². The molecule has 1 heterocycles. The highest BCUT2D eigenvalue weighted by molar-refractivity contribution is 7.99. The van der Waals surface area contributed by atoms with Gasteiger partial charge in [0.05, 0.1) is 22.6 Å². The second-order valence-electron chi connectivity index (χ2n) is 6.24. The zero-order valence-electron chi connectivity index (χ0n) is 15.3. The standard InChI is InChI=1S/C21H20N2O3S/c1-3-23-18-10-17(7-8-19(18)26-12-20(23)24)21(25)14(2)27-13-16-6-4-5-15(9-16)11-22/h4-10,14H,3,12-13H2,1-2H3. The highest BCUT2D eigenvalue weighted by Gasteiger charge is 2.26. The molecule has 3 rings (SSSR count). The molecule has 0 spiro atoms. The van der Waals surface area contributed by atoms with Crippen LogP contribution >= 0.6 is 11.8 Å². The van der Waals surface area contributed by atoms with E-state index in [1.54, 1.807) is 29.2 Å². The number of hydrogen-bond acceptors (Lipinski definition) is 5. The summed E-state index contributed by atoms with van der Waals surface area (Å²) in [5.74, 6) is 1.18. The van der Waals surface area contributed by atoms with Gasteiger partial charge in [-0.25, -0.2) is 0 Å². The van der Waals surface area contributed by atoms with Crippen LogP contribution in [-0.2, 0) is 10.5 Å². The largest absolute Gasteiger partial charge is 0.482 e. The lowest BCUT2D eigenvalue weighted by Crippen LogP contribution is -2.38. The van der Waals surface area contributed by atoms with Crippen molar-refractivity contribution in [1.82, 2.24) is 0 Å².